The fourth-order valence-corrected chi connectivity index (χ4v) is 2.59. The number of morpholine rings is 1. The van der Waals surface area contributed by atoms with Gasteiger partial charge in [0.25, 0.3) is 0 Å². The van der Waals surface area contributed by atoms with Crippen LogP contribution in [0.15, 0.2) is 41.4 Å². The number of thiocarbonyl (C=S) groups is 1. The molecule has 7 heteroatoms. The van der Waals surface area contributed by atoms with Crippen LogP contribution in [0, 0.1) is 0 Å². The number of ether oxygens (including phenoxy) is 1. The van der Waals surface area contributed by atoms with Crippen LogP contribution in [-0.2, 0) is 21.2 Å². The predicted molar refractivity (Wildman–Crippen MR) is 99.1 cm³/mol. The number of fused-ring (bicyclic) bond motifs is 1. The maximum absolute atomic E-state index is 12.0. The van der Waals surface area contributed by atoms with E-state index in [0.717, 1.165) is 43.6 Å². The number of hydrogen-bond donors (Lipinski definition) is 0. The summed E-state index contributed by atoms with van der Waals surface area (Å²) in [7, 11) is 0. The standard InChI is InChI=1S/C17H20N2O2.CNS.Ni/c20-17-6-5-14-3-1-2-4-15(14)16(17)13-18-7-8-19-9-11-21-12-10-19;2-1-3;/h1-6,13,20H,7-12H2;;/q;-1;+3/p-1. The van der Waals surface area contributed by atoms with E-state index in [9.17, 15) is 5.11 Å². The number of isothiocyanates is 1. The van der Waals surface area contributed by atoms with E-state index in [0.29, 0.717) is 12.1 Å². The first-order valence-corrected chi connectivity index (χ1v) is 8.17. The van der Waals surface area contributed by atoms with Crippen molar-refractivity contribution in [1.29, 1.82) is 0 Å². The van der Waals surface area contributed by atoms with Crippen LogP contribution in [0.2, 0.25) is 0 Å². The van der Waals surface area contributed by atoms with Crippen LogP contribution in [0.4, 0.5) is 0 Å². The molecule has 0 aromatic heterocycles. The zero-order valence-electron chi connectivity index (χ0n) is 13.7. The zero-order chi connectivity index (χ0) is 17.2. The van der Waals surface area contributed by atoms with Gasteiger partial charge in [0.1, 0.15) is 0 Å². The molecule has 25 heavy (non-hydrogen) atoms. The van der Waals surface area contributed by atoms with Crippen molar-refractivity contribution < 1.29 is 26.3 Å². The SMILES string of the molecule is [N-]=C=S.[Ni+3].[O-]c1ccc2ccccc2c1C=NCCN1CCOCC1. The first kappa shape index (κ1) is 21.4. The minimum absolute atomic E-state index is 0. The summed E-state index contributed by atoms with van der Waals surface area (Å²) in [6.45, 7) is 5.17. The number of aliphatic imine (C=N–C) groups is 1. The molecule has 0 unspecified atom stereocenters. The van der Waals surface area contributed by atoms with Crippen molar-refractivity contribution in [3.05, 3.63) is 47.4 Å². The molecule has 1 heterocycles. The molecule has 0 bridgehead atoms. The Kier molecular flexibility index (Phi) is 10.2. The molecular formula is C18H19N3NiO2S+. The smallest absolute Gasteiger partial charge is 0.872 e. The van der Waals surface area contributed by atoms with Gasteiger partial charge in [0.2, 0.25) is 0 Å². The minimum atomic E-state index is 0. The molecule has 1 aliphatic heterocycles. The van der Waals surface area contributed by atoms with Crippen molar-refractivity contribution in [1.82, 2.24) is 4.90 Å². The van der Waals surface area contributed by atoms with E-state index in [1.807, 2.05) is 30.3 Å². The van der Waals surface area contributed by atoms with E-state index < -0.39 is 0 Å². The Morgan fingerprint density at radius 1 is 1.24 bits per heavy atom. The van der Waals surface area contributed by atoms with Crippen LogP contribution in [0.5, 0.6) is 5.75 Å². The van der Waals surface area contributed by atoms with E-state index in [1.54, 1.807) is 12.3 Å². The number of nitrogens with zero attached hydrogens (tertiary/aromatic N) is 3. The molecule has 0 aliphatic carbocycles. The summed E-state index contributed by atoms with van der Waals surface area (Å²) in [6.07, 6.45) is 1.73. The van der Waals surface area contributed by atoms with Crippen molar-refractivity contribution >= 4 is 34.4 Å². The third kappa shape index (κ3) is 6.65. The van der Waals surface area contributed by atoms with Gasteiger partial charge in [0.15, 0.2) is 0 Å². The molecule has 1 aliphatic rings. The molecule has 0 N–H and O–H groups in total. The zero-order valence-corrected chi connectivity index (χ0v) is 15.5. The van der Waals surface area contributed by atoms with Gasteiger partial charge >= 0.3 is 16.5 Å². The molecule has 3 rings (SSSR count). The Balaban J connectivity index is 0.000000730. The van der Waals surface area contributed by atoms with Crippen LogP contribution in [0.1, 0.15) is 5.56 Å². The van der Waals surface area contributed by atoms with Crippen molar-refractivity contribution in [2.75, 3.05) is 39.4 Å². The summed E-state index contributed by atoms with van der Waals surface area (Å²) < 4.78 is 5.32. The van der Waals surface area contributed by atoms with Gasteiger partial charge in [0.05, 0.1) is 19.8 Å². The van der Waals surface area contributed by atoms with Crippen molar-refractivity contribution in [3.8, 4) is 5.75 Å². The fourth-order valence-electron chi connectivity index (χ4n) is 2.59. The minimum Gasteiger partial charge on any atom is -0.872 e. The second kappa shape index (κ2) is 11.9. The van der Waals surface area contributed by atoms with Gasteiger partial charge in [-0.15, -0.1) is 0 Å². The molecule has 0 saturated carbocycles. The molecule has 5 nitrogen and oxygen atoms in total. The molecule has 133 valence electrons. The van der Waals surface area contributed by atoms with Crippen LogP contribution in [-0.4, -0.2) is 55.7 Å². The van der Waals surface area contributed by atoms with Crippen molar-refractivity contribution in [3.63, 3.8) is 0 Å². The van der Waals surface area contributed by atoms with E-state index in [2.05, 4.69) is 22.1 Å². The summed E-state index contributed by atoms with van der Waals surface area (Å²) in [4.78, 5) is 6.77. The van der Waals surface area contributed by atoms with E-state index in [1.165, 1.54) is 5.16 Å². The normalized spacial score (nSPS) is 14.4. The van der Waals surface area contributed by atoms with Gasteiger partial charge in [-0.2, -0.15) is 5.16 Å². The van der Waals surface area contributed by atoms with Gasteiger partial charge in [-0.1, -0.05) is 54.4 Å². The molecule has 2 aromatic carbocycles. The third-order valence-electron chi connectivity index (χ3n) is 3.80. The molecule has 1 saturated heterocycles. The maximum atomic E-state index is 12.0. The summed E-state index contributed by atoms with van der Waals surface area (Å²) in [6, 6.07) is 11.4. The van der Waals surface area contributed by atoms with E-state index in [-0.39, 0.29) is 22.2 Å². The second-order valence-electron chi connectivity index (χ2n) is 5.28. The van der Waals surface area contributed by atoms with E-state index in [4.69, 9.17) is 10.1 Å². The molecule has 2 aromatic rings. The Hall–Kier alpha value is -1.62. The van der Waals surface area contributed by atoms with Crippen LogP contribution in [0.3, 0.4) is 0 Å². The summed E-state index contributed by atoms with van der Waals surface area (Å²) in [5.74, 6) is 0.0313. The molecule has 0 atom stereocenters. The third-order valence-corrected chi connectivity index (χ3v) is 3.80. The molecule has 1 radical (unpaired) electrons. The van der Waals surface area contributed by atoms with Crippen molar-refractivity contribution in [2.24, 2.45) is 4.99 Å². The Bertz CT molecular complexity index is 727. The Morgan fingerprint density at radius 3 is 2.64 bits per heavy atom. The quantitative estimate of drug-likeness (QED) is 0.449. The van der Waals surface area contributed by atoms with Crippen LogP contribution in [0.25, 0.3) is 16.2 Å². The van der Waals surface area contributed by atoms with Crippen LogP contribution < -0.4 is 5.11 Å². The van der Waals surface area contributed by atoms with Gasteiger partial charge in [-0.3, -0.25) is 9.89 Å². The van der Waals surface area contributed by atoms with Gasteiger partial charge in [-0.25, -0.2) is 0 Å². The summed E-state index contributed by atoms with van der Waals surface area (Å²) in [5, 5.41) is 22.5. The first-order chi connectivity index (χ1) is 11.8. The fraction of sp³-hybridized carbons (Fsp3) is 0.333. The van der Waals surface area contributed by atoms with Gasteiger partial charge < -0.3 is 15.3 Å². The van der Waals surface area contributed by atoms with Gasteiger partial charge in [-0.05, 0) is 16.3 Å². The van der Waals surface area contributed by atoms with Gasteiger partial charge in [0, 0.05) is 25.8 Å². The van der Waals surface area contributed by atoms with E-state index >= 15 is 0 Å². The average molecular weight is 400 g/mol. The Labute approximate surface area is 163 Å². The largest absolute Gasteiger partial charge is 3.00 e. The second-order valence-corrected chi connectivity index (χ2v) is 5.46. The number of rotatable bonds is 4. The molecule has 1 fully saturated rings. The number of hydrogen-bond acceptors (Lipinski definition) is 5. The predicted octanol–water partition coefficient (Wildman–Crippen LogP) is 2.32. The average Bonchev–Trinajstić information content (AvgIpc) is 2.62. The monoisotopic (exact) mass is 399 g/mol. The topological polar surface area (TPSA) is 70.2 Å². The Morgan fingerprint density at radius 2 is 1.92 bits per heavy atom. The molecule has 0 spiro atoms. The molecule has 0 amide bonds. The van der Waals surface area contributed by atoms with Crippen molar-refractivity contribution in [2.45, 2.75) is 0 Å². The van der Waals surface area contributed by atoms with Crippen LogP contribution >= 0.6 is 12.2 Å². The first-order valence-electron chi connectivity index (χ1n) is 7.76. The molecular weight excluding hydrogens is 381 g/mol. The summed E-state index contributed by atoms with van der Waals surface area (Å²) in [5.41, 5.74) is 0.690. The maximum Gasteiger partial charge on any atom is 3.00 e. The summed E-state index contributed by atoms with van der Waals surface area (Å²) >= 11 is 3.70. The number of benzene rings is 2.